The van der Waals surface area contributed by atoms with Crippen molar-refractivity contribution in [1.29, 1.82) is 0 Å². The van der Waals surface area contributed by atoms with Crippen molar-refractivity contribution in [3.8, 4) is 5.75 Å². The summed E-state index contributed by atoms with van der Waals surface area (Å²) < 4.78 is 19.2. The molecule has 26 heavy (non-hydrogen) atoms. The van der Waals surface area contributed by atoms with Crippen LogP contribution in [0, 0.1) is 5.82 Å². The van der Waals surface area contributed by atoms with Crippen LogP contribution in [0.5, 0.6) is 5.75 Å². The third-order valence-electron chi connectivity index (χ3n) is 4.56. The lowest BCUT2D eigenvalue weighted by Crippen LogP contribution is -2.41. The van der Waals surface area contributed by atoms with E-state index in [0.29, 0.717) is 22.2 Å². The van der Waals surface area contributed by atoms with Crippen LogP contribution in [0.1, 0.15) is 43.4 Å². The van der Waals surface area contributed by atoms with Gasteiger partial charge in [-0.25, -0.2) is 4.39 Å². The first-order valence-electron chi connectivity index (χ1n) is 8.68. The number of hydrogen-bond acceptors (Lipinski definition) is 2. The second-order valence-electron chi connectivity index (χ2n) is 6.39. The standard InChI is InChI=1S/C20H20Cl2FNO2/c1-2-18(26-19-9-6-13(21)11-16(19)22)20(25)24-17-5-3-4-12-10-14(23)7-8-15(12)17/h6-11,17-18H,2-5H2,1H3,(H,24,25). The van der Waals surface area contributed by atoms with E-state index in [0.717, 1.165) is 30.4 Å². The Balaban J connectivity index is 1.72. The number of benzene rings is 2. The summed E-state index contributed by atoms with van der Waals surface area (Å²) in [6.07, 6.45) is 2.38. The van der Waals surface area contributed by atoms with E-state index in [1.807, 2.05) is 6.92 Å². The van der Waals surface area contributed by atoms with Crippen molar-refractivity contribution in [1.82, 2.24) is 5.32 Å². The van der Waals surface area contributed by atoms with Gasteiger partial charge < -0.3 is 10.1 Å². The molecule has 2 aromatic carbocycles. The number of amides is 1. The van der Waals surface area contributed by atoms with Gasteiger partial charge in [-0.15, -0.1) is 0 Å². The number of hydrogen-bond donors (Lipinski definition) is 1. The van der Waals surface area contributed by atoms with Crippen LogP contribution in [0.15, 0.2) is 36.4 Å². The van der Waals surface area contributed by atoms with Gasteiger partial charge >= 0.3 is 0 Å². The summed E-state index contributed by atoms with van der Waals surface area (Å²) in [4.78, 5) is 12.7. The van der Waals surface area contributed by atoms with E-state index < -0.39 is 6.10 Å². The maximum Gasteiger partial charge on any atom is 0.261 e. The number of nitrogens with one attached hydrogen (secondary N) is 1. The van der Waals surface area contributed by atoms with Gasteiger partial charge in [0.1, 0.15) is 11.6 Å². The molecule has 6 heteroatoms. The number of rotatable bonds is 5. The van der Waals surface area contributed by atoms with Crippen molar-refractivity contribution >= 4 is 29.1 Å². The van der Waals surface area contributed by atoms with E-state index in [1.165, 1.54) is 6.07 Å². The summed E-state index contributed by atoms with van der Waals surface area (Å²) in [6, 6.07) is 9.50. The number of ether oxygens (including phenoxy) is 1. The van der Waals surface area contributed by atoms with Gasteiger partial charge in [0.15, 0.2) is 6.10 Å². The Labute approximate surface area is 162 Å². The first kappa shape index (κ1) is 19.0. The zero-order chi connectivity index (χ0) is 18.7. The lowest BCUT2D eigenvalue weighted by atomic mass is 9.87. The molecule has 0 fully saturated rings. The van der Waals surface area contributed by atoms with Crippen molar-refractivity contribution in [2.24, 2.45) is 0 Å². The molecule has 1 aliphatic rings. The monoisotopic (exact) mass is 395 g/mol. The highest BCUT2D eigenvalue weighted by molar-refractivity contribution is 6.35. The topological polar surface area (TPSA) is 38.3 Å². The molecule has 2 atom stereocenters. The zero-order valence-electron chi connectivity index (χ0n) is 14.4. The van der Waals surface area contributed by atoms with E-state index >= 15 is 0 Å². The molecule has 0 heterocycles. The Bertz CT molecular complexity index is 812. The third-order valence-corrected chi connectivity index (χ3v) is 5.09. The van der Waals surface area contributed by atoms with Gasteiger partial charge in [0.25, 0.3) is 5.91 Å². The van der Waals surface area contributed by atoms with E-state index in [1.54, 1.807) is 30.3 Å². The van der Waals surface area contributed by atoms with Gasteiger partial charge in [0, 0.05) is 5.02 Å². The van der Waals surface area contributed by atoms with E-state index in [2.05, 4.69) is 5.32 Å². The third kappa shape index (κ3) is 4.30. The van der Waals surface area contributed by atoms with Crippen LogP contribution in [0.3, 0.4) is 0 Å². The summed E-state index contributed by atoms with van der Waals surface area (Å²) in [5.74, 6) is -0.0345. The summed E-state index contributed by atoms with van der Waals surface area (Å²) in [6.45, 7) is 1.87. The Morgan fingerprint density at radius 1 is 1.31 bits per heavy atom. The SMILES string of the molecule is CCC(Oc1ccc(Cl)cc1Cl)C(=O)NC1CCCc2cc(F)ccc21. The Morgan fingerprint density at radius 3 is 2.85 bits per heavy atom. The molecular formula is C20H20Cl2FNO2. The smallest absolute Gasteiger partial charge is 0.261 e. The van der Waals surface area contributed by atoms with Crippen LogP contribution < -0.4 is 10.1 Å². The minimum absolute atomic E-state index is 0.134. The molecule has 0 radical (unpaired) electrons. The highest BCUT2D eigenvalue weighted by Crippen LogP contribution is 2.31. The van der Waals surface area contributed by atoms with E-state index in [9.17, 15) is 9.18 Å². The number of carbonyl (C=O) groups excluding carboxylic acids is 1. The van der Waals surface area contributed by atoms with Crippen molar-refractivity contribution in [2.45, 2.75) is 44.8 Å². The average molecular weight is 396 g/mol. The molecule has 3 nitrogen and oxygen atoms in total. The predicted molar refractivity (Wildman–Crippen MR) is 101 cm³/mol. The van der Waals surface area contributed by atoms with Crippen molar-refractivity contribution in [3.63, 3.8) is 0 Å². The van der Waals surface area contributed by atoms with Crippen molar-refractivity contribution in [2.75, 3.05) is 0 Å². The molecule has 0 saturated carbocycles. The Morgan fingerprint density at radius 2 is 2.12 bits per heavy atom. The Hall–Kier alpha value is -1.78. The molecule has 2 aromatic rings. The van der Waals surface area contributed by atoms with Crippen molar-refractivity contribution in [3.05, 3.63) is 63.4 Å². The van der Waals surface area contributed by atoms with Gasteiger partial charge in [-0.1, -0.05) is 36.2 Å². The number of fused-ring (bicyclic) bond motifs is 1. The number of aryl methyl sites for hydroxylation is 1. The molecule has 0 aromatic heterocycles. The second-order valence-corrected chi connectivity index (χ2v) is 7.23. The Kier molecular flexibility index (Phi) is 6.05. The fraction of sp³-hybridized carbons (Fsp3) is 0.350. The van der Waals surface area contributed by atoms with E-state index in [-0.39, 0.29) is 17.8 Å². The predicted octanol–water partition coefficient (Wildman–Crippen LogP) is 5.48. The molecule has 0 saturated heterocycles. The molecule has 0 spiro atoms. The molecular weight excluding hydrogens is 376 g/mol. The van der Waals surface area contributed by atoms with Gasteiger partial charge in [0.05, 0.1) is 11.1 Å². The quantitative estimate of drug-likeness (QED) is 0.727. The summed E-state index contributed by atoms with van der Waals surface area (Å²) in [5, 5.41) is 3.91. The summed E-state index contributed by atoms with van der Waals surface area (Å²) >= 11 is 12.0. The van der Waals surface area contributed by atoms with Crippen molar-refractivity contribution < 1.29 is 13.9 Å². The lowest BCUT2D eigenvalue weighted by molar-refractivity contribution is -0.129. The van der Waals surface area contributed by atoms with Gasteiger partial charge in [-0.2, -0.15) is 0 Å². The van der Waals surface area contributed by atoms with Crippen LogP contribution in [0.25, 0.3) is 0 Å². The van der Waals surface area contributed by atoms with Crippen LogP contribution >= 0.6 is 23.2 Å². The molecule has 0 aliphatic heterocycles. The molecule has 1 aliphatic carbocycles. The van der Waals surface area contributed by atoms with E-state index in [4.69, 9.17) is 27.9 Å². The minimum Gasteiger partial charge on any atom is -0.479 e. The van der Waals surface area contributed by atoms with Gasteiger partial charge in [-0.3, -0.25) is 4.79 Å². The van der Waals surface area contributed by atoms with Crippen LogP contribution in [0.4, 0.5) is 4.39 Å². The first-order valence-corrected chi connectivity index (χ1v) is 9.44. The maximum atomic E-state index is 13.4. The zero-order valence-corrected chi connectivity index (χ0v) is 15.9. The molecule has 1 N–H and O–H groups in total. The largest absolute Gasteiger partial charge is 0.479 e. The van der Waals surface area contributed by atoms with Gasteiger partial charge in [0.2, 0.25) is 0 Å². The molecule has 2 unspecified atom stereocenters. The first-order chi connectivity index (χ1) is 12.5. The summed E-state index contributed by atoms with van der Waals surface area (Å²) in [7, 11) is 0. The fourth-order valence-electron chi connectivity index (χ4n) is 3.24. The summed E-state index contributed by atoms with van der Waals surface area (Å²) in [5.41, 5.74) is 1.93. The fourth-order valence-corrected chi connectivity index (χ4v) is 3.70. The number of carbonyl (C=O) groups is 1. The number of halogens is 3. The van der Waals surface area contributed by atoms with Gasteiger partial charge in [-0.05, 0) is 67.1 Å². The molecule has 138 valence electrons. The molecule has 1 amide bonds. The highest BCUT2D eigenvalue weighted by Gasteiger charge is 2.26. The average Bonchev–Trinajstić information content (AvgIpc) is 2.61. The normalized spacial score (nSPS) is 17.3. The minimum atomic E-state index is -0.667. The van der Waals surface area contributed by atoms with Crippen LogP contribution in [-0.2, 0) is 11.2 Å². The molecule has 3 rings (SSSR count). The maximum absolute atomic E-state index is 13.4. The lowest BCUT2D eigenvalue weighted by Gasteiger charge is -2.28. The van der Waals surface area contributed by atoms with Crippen LogP contribution in [0.2, 0.25) is 10.0 Å². The second kappa shape index (κ2) is 8.28. The molecule has 0 bridgehead atoms. The highest BCUT2D eigenvalue weighted by atomic mass is 35.5. The van der Waals surface area contributed by atoms with Crippen LogP contribution in [-0.4, -0.2) is 12.0 Å².